The van der Waals surface area contributed by atoms with Gasteiger partial charge in [-0.3, -0.25) is 9.48 Å². The molecule has 2 aromatic heterocycles. The van der Waals surface area contributed by atoms with E-state index >= 15 is 0 Å². The number of carbonyl (C=O) groups excluding carboxylic acids is 1. The van der Waals surface area contributed by atoms with E-state index in [-0.39, 0.29) is 11.3 Å². The molecule has 7 nitrogen and oxygen atoms in total. The van der Waals surface area contributed by atoms with Crippen molar-refractivity contribution in [3.63, 3.8) is 0 Å². The number of anilines is 1. The van der Waals surface area contributed by atoms with E-state index in [4.69, 9.17) is 5.73 Å². The fraction of sp³-hybridized carbons (Fsp3) is 0.429. The summed E-state index contributed by atoms with van der Waals surface area (Å²) in [5, 5.41) is 10.4. The Morgan fingerprint density at radius 2 is 2.14 bits per heavy atom. The molecule has 1 amide bonds. The SMILES string of the molecule is CC(C)(C)c1cc(C(=O)NCCn2ccnn2)cc(N)n1. The normalized spacial score (nSPS) is 11.4. The summed E-state index contributed by atoms with van der Waals surface area (Å²) in [7, 11) is 0. The third kappa shape index (κ3) is 4.01. The zero-order valence-corrected chi connectivity index (χ0v) is 12.5. The number of aromatic nitrogens is 4. The molecule has 21 heavy (non-hydrogen) atoms. The molecule has 0 spiro atoms. The number of carbonyl (C=O) groups is 1. The van der Waals surface area contributed by atoms with E-state index in [0.29, 0.717) is 24.5 Å². The van der Waals surface area contributed by atoms with Crippen LogP contribution >= 0.6 is 0 Å². The molecule has 0 bridgehead atoms. The van der Waals surface area contributed by atoms with Crippen molar-refractivity contribution >= 4 is 11.7 Å². The Labute approximate surface area is 123 Å². The molecule has 3 N–H and O–H groups in total. The van der Waals surface area contributed by atoms with Crippen LogP contribution in [0.4, 0.5) is 5.82 Å². The first kappa shape index (κ1) is 15.0. The highest BCUT2D eigenvalue weighted by Crippen LogP contribution is 2.22. The first-order chi connectivity index (χ1) is 9.86. The van der Waals surface area contributed by atoms with Gasteiger partial charge in [-0.1, -0.05) is 26.0 Å². The standard InChI is InChI=1S/C14H20N6O/c1-14(2,3)11-8-10(9-12(15)18-11)13(21)16-4-6-20-7-5-17-19-20/h5,7-9H,4,6H2,1-3H3,(H2,15,18)(H,16,21). The Balaban J connectivity index is 2.03. The summed E-state index contributed by atoms with van der Waals surface area (Å²) in [6.45, 7) is 7.12. The molecule has 0 unspecified atom stereocenters. The first-order valence-electron chi connectivity index (χ1n) is 6.76. The molecule has 0 aliphatic heterocycles. The lowest BCUT2D eigenvalue weighted by molar-refractivity contribution is 0.0951. The summed E-state index contributed by atoms with van der Waals surface area (Å²) < 4.78 is 1.65. The molecule has 0 atom stereocenters. The van der Waals surface area contributed by atoms with E-state index in [2.05, 4.69) is 20.6 Å². The van der Waals surface area contributed by atoms with E-state index in [1.54, 1.807) is 29.2 Å². The largest absolute Gasteiger partial charge is 0.384 e. The van der Waals surface area contributed by atoms with Crippen molar-refractivity contribution in [3.05, 3.63) is 35.8 Å². The van der Waals surface area contributed by atoms with Crippen molar-refractivity contribution in [2.75, 3.05) is 12.3 Å². The quantitative estimate of drug-likeness (QED) is 0.874. The lowest BCUT2D eigenvalue weighted by Gasteiger charge is -2.19. The first-order valence-corrected chi connectivity index (χ1v) is 6.76. The summed E-state index contributed by atoms with van der Waals surface area (Å²) in [4.78, 5) is 16.4. The molecular weight excluding hydrogens is 268 g/mol. The molecule has 112 valence electrons. The number of hydrogen-bond donors (Lipinski definition) is 2. The van der Waals surface area contributed by atoms with E-state index in [0.717, 1.165) is 5.69 Å². The van der Waals surface area contributed by atoms with Crippen molar-refractivity contribution in [1.82, 2.24) is 25.3 Å². The van der Waals surface area contributed by atoms with Gasteiger partial charge in [0.2, 0.25) is 0 Å². The van der Waals surface area contributed by atoms with Gasteiger partial charge >= 0.3 is 0 Å². The van der Waals surface area contributed by atoms with Crippen LogP contribution in [0.1, 0.15) is 36.8 Å². The van der Waals surface area contributed by atoms with Gasteiger partial charge in [0.05, 0.1) is 12.7 Å². The van der Waals surface area contributed by atoms with Crippen LogP contribution < -0.4 is 11.1 Å². The summed E-state index contributed by atoms with van der Waals surface area (Å²) in [6.07, 6.45) is 3.34. The zero-order valence-electron chi connectivity index (χ0n) is 12.5. The topological polar surface area (TPSA) is 98.7 Å². The highest BCUT2D eigenvalue weighted by molar-refractivity contribution is 5.94. The van der Waals surface area contributed by atoms with E-state index in [1.807, 2.05) is 20.8 Å². The maximum absolute atomic E-state index is 12.2. The highest BCUT2D eigenvalue weighted by atomic mass is 16.1. The Morgan fingerprint density at radius 1 is 1.38 bits per heavy atom. The lowest BCUT2D eigenvalue weighted by atomic mass is 9.90. The van der Waals surface area contributed by atoms with Crippen molar-refractivity contribution < 1.29 is 4.79 Å². The third-order valence-electron chi connectivity index (χ3n) is 2.97. The van der Waals surface area contributed by atoms with Crippen molar-refractivity contribution in [2.45, 2.75) is 32.7 Å². The van der Waals surface area contributed by atoms with Crippen molar-refractivity contribution in [2.24, 2.45) is 0 Å². The minimum atomic E-state index is -0.172. The van der Waals surface area contributed by atoms with Gasteiger partial charge in [0.15, 0.2) is 0 Å². The number of nitrogens with two attached hydrogens (primary N) is 1. The Kier molecular flexibility index (Phi) is 4.21. The van der Waals surface area contributed by atoms with Gasteiger partial charge in [0, 0.05) is 29.4 Å². The van der Waals surface area contributed by atoms with Crippen LogP contribution in [-0.2, 0) is 12.0 Å². The number of nitrogens with one attached hydrogen (secondary N) is 1. The molecular formula is C14H20N6O. The van der Waals surface area contributed by atoms with Gasteiger partial charge in [-0.2, -0.15) is 0 Å². The average Bonchev–Trinajstić information content (AvgIpc) is 2.90. The second-order valence-electron chi connectivity index (χ2n) is 5.84. The van der Waals surface area contributed by atoms with Crippen LogP contribution in [0.25, 0.3) is 0 Å². The summed E-state index contributed by atoms with van der Waals surface area (Å²) in [6, 6.07) is 3.36. The van der Waals surface area contributed by atoms with Gasteiger partial charge in [-0.05, 0) is 12.1 Å². The highest BCUT2D eigenvalue weighted by Gasteiger charge is 2.18. The molecule has 0 fully saturated rings. The number of hydrogen-bond acceptors (Lipinski definition) is 5. The summed E-state index contributed by atoms with van der Waals surface area (Å²) in [5.41, 5.74) is 6.94. The maximum atomic E-state index is 12.2. The number of nitrogens with zero attached hydrogens (tertiary/aromatic N) is 4. The predicted octanol–water partition coefficient (Wildman–Crippen LogP) is 0.983. The number of rotatable bonds is 4. The number of amides is 1. The van der Waals surface area contributed by atoms with Crippen LogP contribution in [0.3, 0.4) is 0 Å². The van der Waals surface area contributed by atoms with E-state index in [9.17, 15) is 4.79 Å². The molecule has 2 heterocycles. The second kappa shape index (κ2) is 5.90. The van der Waals surface area contributed by atoms with Crippen LogP contribution in [0.2, 0.25) is 0 Å². The fourth-order valence-corrected chi connectivity index (χ4v) is 1.81. The minimum Gasteiger partial charge on any atom is -0.384 e. The van der Waals surface area contributed by atoms with Crippen LogP contribution in [0.5, 0.6) is 0 Å². The predicted molar refractivity (Wildman–Crippen MR) is 79.7 cm³/mol. The average molecular weight is 288 g/mol. The summed E-state index contributed by atoms with van der Waals surface area (Å²) in [5.74, 6) is 0.179. The molecule has 2 rings (SSSR count). The Bertz CT molecular complexity index is 615. The lowest BCUT2D eigenvalue weighted by Crippen LogP contribution is -2.28. The molecule has 0 saturated heterocycles. The van der Waals surface area contributed by atoms with Gasteiger partial charge in [-0.25, -0.2) is 4.98 Å². The minimum absolute atomic E-state index is 0.162. The van der Waals surface area contributed by atoms with Gasteiger partial charge < -0.3 is 11.1 Å². The fourth-order valence-electron chi connectivity index (χ4n) is 1.81. The monoisotopic (exact) mass is 288 g/mol. The second-order valence-corrected chi connectivity index (χ2v) is 5.84. The Morgan fingerprint density at radius 3 is 2.76 bits per heavy atom. The van der Waals surface area contributed by atoms with Crippen molar-refractivity contribution in [3.8, 4) is 0 Å². The molecule has 0 aromatic carbocycles. The van der Waals surface area contributed by atoms with Crippen LogP contribution in [0, 0.1) is 0 Å². The Hall–Kier alpha value is -2.44. The summed E-state index contributed by atoms with van der Waals surface area (Å²) >= 11 is 0. The van der Waals surface area contributed by atoms with E-state index < -0.39 is 0 Å². The van der Waals surface area contributed by atoms with Crippen LogP contribution in [-0.4, -0.2) is 32.4 Å². The molecule has 7 heteroatoms. The smallest absolute Gasteiger partial charge is 0.251 e. The van der Waals surface area contributed by atoms with Gasteiger partial charge in [0.1, 0.15) is 5.82 Å². The third-order valence-corrected chi connectivity index (χ3v) is 2.97. The molecule has 0 radical (unpaired) electrons. The van der Waals surface area contributed by atoms with Crippen molar-refractivity contribution in [1.29, 1.82) is 0 Å². The molecule has 0 aliphatic carbocycles. The zero-order chi connectivity index (χ0) is 15.5. The van der Waals surface area contributed by atoms with Crippen LogP contribution in [0.15, 0.2) is 24.5 Å². The molecule has 0 saturated carbocycles. The molecule has 2 aromatic rings. The number of nitrogen functional groups attached to an aromatic ring is 1. The van der Waals surface area contributed by atoms with Gasteiger partial charge in [-0.15, -0.1) is 5.10 Å². The maximum Gasteiger partial charge on any atom is 0.251 e. The van der Waals surface area contributed by atoms with Gasteiger partial charge in [0.25, 0.3) is 5.91 Å². The van der Waals surface area contributed by atoms with E-state index in [1.165, 1.54) is 0 Å². The number of pyridine rings is 1. The molecule has 0 aliphatic rings.